The third-order valence-corrected chi connectivity index (χ3v) is 3.31. The van der Waals surface area contributed by atoms with E-state index >= 15 is 0 Å². The van der Waals surface area contributed by atoms with Gasteiger partial charge in [-0.2, -0.15) is 5.10 Å². The van der Waals surface area contributed by atoms with E-state index in [-0.39, 0.29) is 5.41 Å². The van der Waals surface area contributed by atoms with Gasteiger partial charge in [0.2, 0.25) is 0 Å². The predicted octanol–water partition coefficient (Wildman–Crippen LogP) is 2.57. The van der Waals surface area contributed by atoms with Gasteiger partial charge in [0.25, 0.3) is 0 Å². The topological polar surface area (TPSA) is 74.9 Å². The summed E-state index contributed by atoms with van der Waals surface area (Å²) in [6, 6.07) is 8.34. The lowest BCUT2D eigenvalue weighted by Crippen LogP contribution is -2.11. The van der Waals surface area contributed by atoms with Crippen LogP contribution in [0.4, 0.5) is 5.82 Å². The number of aliphatic hydroxyl groups is 1. The molecule has 2 rings (SSSR count). The first-order valence-electron chi connectivity index (χ1n) is 6.44. The molecule has 0 amide bonds. The molecule has 0 spiro atoms. The molecule has 102 valence electrons. The van der Waals surface area contributed by atoms with Gasteiger partial charge in [-0.25, -0.2) is 0 Å². The highest BCUT2D eigenvalue weighted by molar-refractivity contribution is 5.39. The number of rotatable bonds is 3. The molecule has 0 saturated heterocycles. The number of hydrogen-bond donors (Lipinski definition) is 3. The first kappa shape index (κ1) is 13.6. The van der Waals surface area contributed by atoms with Crippen molar-refractivity contribution in [2.45, 2.75) is 38.7 Å². The second-order valence-corrected chi connectivity index (χ2v) is 5.91. The second-order valence-electron chi connectivity index (χ2n) is 5.91. The molecule has 0 bridgehead atoms. The van der Waals surface area contributed by atoms with Crippen LogP contribution in [0.3, 0.4) is 0 Å². The molecule has 1 aromatic heterocycles. The number of H-pyrrole nitrogens is 1. The second kappa shape index (κ2) is 5.05. The monoisotopic (exact) mass is 259 g/mol. The number of aromatic amines is 1. The number of aromatic nitrogens is 2. The van der Waals surface area contributed by atoms with Gasteiger partial charge in [-0.1, -0.05) is 45.0 Å². The van der Waals surface area contributed by atoms with Crippen molar-refractivity contribution in [3.8, 4) is 0 Å². The van der Waals surface area contributed by atoms with E-state index in [4.69, 9.17) is 5.73 Å². The zero-order chi connectivity index (χ0) is 14.0. The van der Waals surface area contributed by atoms with Crippen molar-refractivity contribution < 1.29 is 5.11 Å². The van der Waals surface area contributed by atoms with Crippen molar-refractivity contribution in [1.29, 1.82) is 0 Å². The summed E-state index contributed by atoms with van der Waals surface area (Å²) in [5.41, 5.74) is 8.87. The van der Waals surface area contributed by atoms with Crippen LogP contribution >= 0.6 is 0 Å². The number of aliphatic hydroxyl groups excluding tert-OH is 1. The van der Waals surface area contributed by atoms with Gasteiger partial charge in [0.15, 0.2) is 0 Å². The van der Waals surface area contributed by atoms with Crippen molar-refractivity contribution in [3.05, 3.63) is 47.2 Å². The molecule has 1 unspecified atom stereocenters. The van der Waals surface area contributed by atoms with Crippen LogP contribution < -0.4 is 5.73 Å². The Hall–Kier alpha value is -1.81. The van der Waals surface area contributed by atoms with Gasteiger partial charge in [0, 0.05) is 12.0 Å². The fraction of sp³-hybridized carbons (Fsp3) is 0.400. The SMILES string of the molecule is CC(C)(C)c1ccc(CC(O)c2cn[nH]c2N)cc1. The fourth-order valence-corrected chi connectivity index (χ4v) is 2.05. The van der Waals surface area contributed by atoms with Crippen molar-refractivity contribution in [2.24, 2.45) is 0 Å². The highest BCUT2D eigenvalue weighted by Crippen LogP contribution is 2.25. The summed E-state index contributed by atoms with van der Waals surface area (Å²) < 4.78 is 0. The molecule has 0 aliphatic heterocycles. The Kier molecular flexibility index (Phi) is 3.62. The minimum atomic E-state index is -0.626. The number of hydrogen-bond acceptors (Lipinski definition) is 3. The van der Waals surface area contributed by atoms with Crippen LogP contribution in [0.15, 0.2) is 30.5 Å². The molecule has 0 aliphatic carbocycles. The van der Waals surface area contributed by atoms with E-state index in [1.54, 1.807) is 6.20 Å². The average Bonchev–Trinajstić information content (AvgIpc) is 2.75. The van der Waals surface area contributed by atoms with Gasteiger partial charge >= 0.3 is 0 Å². The lowest BCUT2D eigenvalue weighted by Gasteiger charge is -2.19. The number of nitrogens with two attached hydrogens (primary N) is 1. The van der Waals surface area contributed by atoms with Crippen LogP contribution in [-0.2, 0) is 11.8 Å². The Bertz CT molecular complexity index is 537. The highest BCUT2D eigenvalue weighted by Gasteiger charge is 2.15. The Balaban J connectivity index is 2.10. The van der Waals surface area contributed by atoms with Gasteiger partial charge in [0.05, 0.1) is 12.3 Å². The molecule has 4 nitrogen and oxygen atoms in total. The fourth-order valence-electron chi connectivity index (χ4n) is 2.05. The molecule has 0 saturated carbocycles. The number of nitrogen functional groups attached to an aromatic ring is 1. The number of anilines is 1. The summed E-state index contributed by atoms with van der Waals surface area (Å²) in [4.78, 5) is 0. The molecule has 1 heterocycles. The van der Waals surface area contributed by atoms with Crippen molar-refractivity contribution >= 4 is 5.82 Å². The molecule has 4 N–H and O–H groups in total. The number of benzene rings is 1. The van der Waals surface area contributed by atoms with E-state index in [1.807, 2.05) is 0 Å². The third kappa shape index (κ3) is 3.15. The van der Waals surface area contributed by atoms with Crippen LogP contribution in [0, 0.1) is 0 Å². The lowest BCUT2D eigenvalue weighted by molar-refractivity contribution is 0.179. The molecule has 2 aromatic rings. The summed E-state index contributed by atoms with van der Waals surface area (Å²) in [6.07, 6.45) is 1.48. The Morgan fingerprint density at radius 2 is 1.89 bits per heavy atom. The third-order valence-electron chi connectivity index (χ3n) is 3.31. The van der Waals surface area contributed by atoms with E-state index in [1.165, 1.54) is 5.56 Å². The van der Waals surface area contributed by atoms with Crippen LogP contribution in [-0.4, -0.2) is 15.3 Å². The van der Waals surface area contributed by atoms with Gasteiger partial charge < -0.3 is 10.8 Å². The van der Waals surface area contributed by atoms with Crippen molar-refractivity contribution in [3.63, 3.8) is 0 Å². The molecular formula is C15H21N3O. The lowest BCUT2D eigenvalue weighted by atomic mass is 9.86. The minimum absolute atomic E-state index is 0.145. The summed E-state index contributed by atoms with van der Waals surface area (Å²) in [5.74, 6) is 0.429. The Labute approximate surface area is 113 Å². The predicted molar refractivity (Wildman–Crippen MR) is 76.8 cm³/mol. The minimum Gasteiger partial charge on any atom is -0.388 e. The maximum absolute atomic E-state index is 10.1. The largest absolute Gasteiger partial charge is 0.388 e. The van der Waals surface area contributed by atoms with Crippen LogP contribution in [0.2, 0.25) is 0 Å². The van der Waals surface area contributed by atoms with Gasteiger partial charge in [0.1, 0.15) is 5.82 Å². The molecule has 19 heavy (non-hydrogen) atoms. The quantitative estimate of drug-likeness (QED) is 0.793. The highest BCUT2D eigenvalue weighted by atomic mass is 16.3. The average molecular weight is 259 g/mol. The normalized spacial score (nSPS) is 13.5. The summed E-state index contributed by atoms with van der Waals surface area (Å²) >= 11 is 0. The number of nitrogens with zero attached hydrogens (tertiary/aromatic N) is 1. The van der Waals surface area contributed by atoms with Gasteiger partial charge in [-0.05, 0) is 16.5 Å². The van der Waals surface area contributed by atoms with E-state index in [0.29, 0.717) is 17.8 Å². The first-order valence-corrected chi connectivity index (χ1v) is 6.44. The molecule has 1 atom stereocenters. The molecule has 0 aliphatic rings. The van der Waals surface area contributed by atoms with Crippen LogP contribution in [0.1, 0.15) is 43.6 Å². The summed E-state index contributed by atoms with van der Waals surface area (Å²) in [5, 5.41) is 16.6. The zero-order valence-electron chi connectivity index (χ0n) is 11.6. The molecule has 1 aromatic carbocycles. The van der Waals surface area contributed by atoms with Crippen LogP contribution in [0.25, 0.3) is 0 Å². The Morgan fingerprint density at radius 1 is 1.26 bits per heavy atom. The van der Waals surface area contributed by atoms with E-state index < -0.39 is 6.10 Å². The molecule has 0 radical (unpaired) electrons. The number of nitrogens with one attached hydrogen (secondary N) is 1. The maximum atomic E-state index is 10.1. The van der Waals surface area contributed by atoms with Crippen molar-refractivity contribution in [2.75, 3.05) is 5.73 Å². The van der Waals surface area contributed by atoms with Crippen LogP contribution in [0.5, 0.6) is 0 Å². The molecular weight excluding hydrogens is 238 g/mol. The first-order chi connectivity index (χ1) is 8.88. The summed E-state index contributed by atoms with van der Waals surface area (Å²) in [6.45, 7) is 6.55. The molecule has 0 fully saturated rings. The standard InChI is InChI=1S/C15H21N3O/c1-15(2,3)11-6-4-10(5-7-11)8-13(19)12-9-17-18-14(12)16/h4-7,9,13,19H,8H2,1-3H3,(H3,16,17,18). The Morgan fingerprint density at radius 3 is 2.37 bits per heavy atom. The molecule has 4 heteroatoms. The van der Waals surface area contributed by atoms with E-state index in [0.717, 1.165) is 5.56 Å². The summed E-state index contributed by atoms with van der Waals surface area (Å²) in [7, 11) is 0. The van der Waals surface area contributed by atoms with Gasteiger partial charge in [-0.3, -0.25) is 5.10 Å². The van der Waals surface area contributed by atoms with E-state index in [2.05, 4.69) is 55.2 Å². The smallest absolute Gasteiger partial charge is 0.124 e. The maximum Gasteiger partial charge on any atom is 0.124 e. The van der Waals surface area contributed by atoms with E-state index in [9.17, 15) is 5.11 Å². The zero-order valence-corrected chi connectivity index (χ0v) is 11.6. The van der Waals surface area contributed by atoms with Gasteiger partial charge in [-0.15, -0.1) is 0 Å². The van der Waals surface area contributed by atoms with Crippen molar-refractivity contribution in [1.82, 2.24) is 10.2 Å².